The highest BCUT2D eigenvalue weighted by Gasteiger charge is 2.42. The molecule has 0 unspecified atom stereocenters. The fourth-order valence-corrected chi connectivity index (χ4v) is 5.23. The Hall–Kier alpha value is -4.14. The summed E-state index contributed by atoms with van der Waals surface area (Å²) in [4.78, 5) is 58.5. The minimum Gasteiger partial charge on any atom is -0.370 e. The zero-order valence-electron chi connectivity index (χ0n) is 25.9. The summed E-state index contributed by atoms with van der Waals surface area (Å²) in [5, 5.41) is 0. The Morgan fingerprint density at radius 2 is 1.73 bits per heavy atom. The van der Waals surface area contributed by atoms with Crippen molar-refractivity contribution in [3.05, 3.63) is 65.7 Å². The van der Waals surface area contributed by atoms with Gasteiger partial charge in [-0.2, -0.15) is 8.42 Å². The van der Waals surface area contributed by atoms with Gasteiger partial charge in [0.25, 0.3) is 21.9 Å². The SMILES string of the molecule is CC[C@H](C)[C@@H](N)C(=O)N1CCC[C@H]1C(=O)N(C(=O)c1ccccc1)[C@H](C=O)CCCN=C(N)N.Cc1ccc(S(=O)(=O)O)cc1. The second-order valence-electron chi connectivity index (χ2n) is 10.9. The Morgan fingerprint density at radius 3 is 2.27 bits per heavy atom. The number of carbonyl (C=O) groups excluding carboxylic acids is 4. The quantitative estimate of drug-likeness (QED) is 0.0656. The molecule has 13 nitrogen and oxygen atoms in total. The largest absolute Gasteiger partial charge is 0.370 e. The average molecular weight is 645 g/mol. The van der Waals surface area contributed by atoms with Crippen molar-refractivity contribution < 1.29 is 32.1 Å². The number of benzene rings is 2. The van der Waals surface area contributed by atoms with E-state index >= 15 is 0 Å². The molecule has 1 heterocycles. The second kappa shape index (κ2) is 17.4. The van der Waals surface area contributed by atoms with E-state index in [2.05, 4.69) is 4.99 Å². The molecule has 4 atom stereocenters. The summed E-state index contributed by atoms with van der Waals surface area (Å²) < 4.78 is 29.6. The monoisotopic (exact) mass is 644 g/mol. The number of guanidine groups is 1. The summed E-state index contributed by atoms with van der Waals surface area (Å²) in [5.41, 5.74) is 18.1. The van der Waals surface area contributed by atoms with E-state index in [4.69, 9.17) is 21.8 Å². The Kier molecular flexibility index (Phi) is 14.3. The fraction of sp³-hybridized carbons (Fsp3) is 0.452. The van der Waals surface area contributed by atoms with Gasteiger partial charge in [-0.3, -0.25) is 28.8 Å². The lowest BCUT2D eigenvalue weighted by Gasteiger charge is -2.34. The van der Waals surface area contributed by atoms with Crippen LogP contribution in [0.15, 0.2) is 64.5 Å². The number of amides is 3. The molecule has 45 heavy (non-hydrogen) atoms. The lowest BCUT2D eigenvalue weighted by molar-refractivity contribution is -0.145. The molecule has 0 saturated carbocycles. The van der Waals surface area contributed by atoms with Crippen molar-refractivity contribution in [1.82, 2.24) is 9.80 Å². The van der Waals surface area contributed by atoms with E-state index in [1.54, 1.807) is 42.5 Å². The van der Waals surface area contributed by atoms with Crippen molar-refractivity contribution in [3.63, 3.8) is 0 Å². The van der Waals surface area contributed by atoms with E-state index in [1.165, 1.54) is 17.0 Å². The van der Waals surface area contributed by atoms with E-state index in [0.717, 1.165) is 16.9 Å². The van der Waals surface area contributed by atoms with E-state index < -0.39 is 40.1 Å². The molecule has 0 bridgehead atoms. The molecule has 2 aromatic carbocycles. The fourth-order valence-electron chi connectivity index (χ4n) is 4.75. The van der Waals surface area contributed by atoms with Gasteiger partial charge in [0.1, 0.15) is 12.3 Å². The molecule has 1 fully saturated rings. The van der Waals surface area contributed by atoms with Crippen LogP contribution < -0.4 is 17.2 Å². The first kappa shape index (κ1) is 37.0. The number of aryl methyl sites for hydroxylation is 1. The highest BCUT2D eigenvalue weighted by molar-refractivity contribution is 7.85. The van der Waals surface area contributed by atoms with Crippen molar-refractivity contribution in [2.45, 2.75) is 75.9 Å². The number of likely N-dealkylation sites (tertiary alicyclic amines) is 1. The van der Waals surface area contributed by atoms with Crippen LogP contribution in [0.5, 0.6) is 0 Å². The summed E-state index contributed by atoms with van der Waals surface area (Å²) in [5.74, 6) is -1.60. The third kappa shape index (κ3) is 10.8. The normalized spacial score (nSPS) is 16.4. The van der Waals surface area contributed by atoms with Crippen molar-refractivity contribution in [3.8, 4) is 0 Å². The lowest BCUT2D eigenvalue weighted by Crippen LogP contribution is -2.56. The predicted molar refractivity (Wildman–Crippen MR) is 171 cm³/mol. The van der Waals surface area contributed by atoms with Gasteiger partial charge in [-0.25, -0.2) is 0 Å². The van der Waals surface area contributed by atoms with Crippen LogP contribution in [-0.2, 0) is 24.5 Å². The molecule has 246 valence electrons. The molecule has 1 saturated heterocycles. The van der Waals surface area contributed by atoms with Crippen LogP contribution in [0, 0.1) is 12.8 Å². The minimum absolute atomic E-state index is 0.0517. The number of imide groups is 1. The number of nitrogens with zero attached hydrogens (tertiary/aromatic N) is 3. The van der Waals surface area contributed by atoms with Crippen LogP contribution in [0.2, 0.25) is 0 Å². The van der Waals surface area contributed by atoms with Gasteiger partial charge in [-0.1, -0.05) is 56.2 Å². The van der Waals surface area contributed by atoms with Crippen LogP contribution in [-0.4, -0.2) is 84.0 Å². The third-order valence-electron chi connectivity index (χ3n) is 7.60. The van der Waals surface area contributed by atoms with Gasteiger partial charge in [0.15, 0.2) is 5.96 Å². The Morgan fingerprint density at radius 1 is 1.11 bits per heavy atom. The highest BCUT2D eigenvalue weighted by atomic mass is 32.2. The highest BCUT2D eigenvalue weighted by Crippen LogP contribution is 2.24. The molecule has 14 heteroatoms. The van der Waals surface area contributed by atoms with Crippen LogP contribution in [0.25, 0.3) is 0 Å². The maximum atomic E-state index is 13.7. The minimum atomic E-state index is -4.02. The van der Waals surface area contributed by atoms with Crippen LogP contribution >= 0.6 is 0 Å². The second-order valence-corrected chi connectivity index (χ2v) is 12.3. The number of nitrogens with two attached hydrogens (primary N) is 3. The van der Waals surface area contributed by atoms with Gasteiger partial charge in [-0.15, -0.1) is 0 Å². The number of hydrogen-bond acceptors (Lipinski definition) is 8. The zero-order valence-corrected chi connectivity index (χ0v) is 26.7. The first-order valence-corrected chi connectivity index (χ1v) is 16.2. The van der Waals surface area contributed by atoms with Crippen molar-refractivity contribution >= 4 is 40.1 Å². The molecular formula is C31H44N6O7S. The Labute approximate surface area is 264 Å². The molecule has 3 amide bonds. The molecule has 0 aromatic heterocycles. The molecule has 7 N–H and O–H groups in total. The molecule has 1 aliphatic heterocycles. The zero-order chi connectivity index (χ0) is 33.7. The maximum absolute atomic E-state index is 13.7. The number of aliphatic imine (C=N–C) groups is 1. The van der Waals surface area contributed by atoms with E-state index in [0.29, 0.717) is 32.1 Å². The van der Waals surface area contributed by atoms with Gasteiger partial charge in [0.05, 0.1) is 17.0 Å². The first-order valence-electron chi connectivity index (χ1n) is 14.8. The number of carbonyl (C=O) groups is 4. The van der Waals surface area contributed by atoms with Crippen molar-refractivity contribution in [2.24, 2.45) is 28.1 Å². The maximum Gasteiger partial charge on any atom is 0.294 e. The van der Waals surface area contributed by atoms with E-state index in [9.17, 15) is 27.6 Å². The van der Waals surface area contributed by atoms with Gasteiger partial charge in [0.2, 0.25) is 5.91 Å². The molecule has 1 aliphatic rings. The lowest BCUT2D eigenvalue weighted by atomic mass is 9.98. The van der Waals surface area contributed by atoms with E-state index in [1.807, 2.05) is 20.8 Å². The summed E-state index contributed by atoms with van der Waals surface area (Å²) in [6.07, 6.45) is 2.90. The van der Waals surface area contributed by atoms with Crippen molar-refractivity contribution in [2.75, 3.05) is 13.1 Å². The molecule has 3 rings (SSSR count). The van der Waals surface area contributed by atoms with Crippen LogP contribution in [0.4, 0.5) is 0 Å². The van der Waals surface area contributed by atoms with Gasteiger partial charge >= 0.3 is 0 Å². The van der Waals surface area contributed by atoms with Crippen LogP contribution in [0.1, 0.15) is 61.9 Å². The van der Waals surface area contributed by atoms with Gasteiger partial charge in [0, 0.05) is 18.7 Å². The van der Waals surface area contributed by atoms with Gasteiger partial charge in [-0.05, 0) is 62.8 Å². The Balaban J connectivity index is 0.000000537. The predicted octanol–water partition coefficient (Wildman–Crippen LogP) is 1.88. The smallest absolute Gasteiger partial charge is 0.294 e. The van der Waals surface area contributed by atoms with Crippen LogP contribution in [0.3, 0.4) is 0 Å². The number of hydrogen-bond donors (Lipinski definition) is 4. The summed E-state index contributed by atoms with van der Waals surface area (Å²) in [6.45, 7) is 6.31. The molecule has 0 radical (unpaired) electrons. The van der Waals surface area contributed by atoms with Crippen molar-refractivity contribution in [1.29, 1.82) is 0 Å². The molecule has 2 aromatic rings. The molecule has 0 aliphatic carbocycles. The standard InChI is InChI=1S/C24H36N6O4.C7H8O3S/c1-3-16(2)20(25)23(34)29-14-8-12-19(29)22(33)30(21(32)17-9-5-4-6-10-17)18(15-31)11-7-13-28-24(26)27;1-6-2-4-7(5-3-6)11(8,9)10/h4-6,9-10,15-16,18-20H,3,7-8,11-14,25H2,1-2H3,(H4,26,27,28);2-5H,1H3,(H,8,9,10)/t16-,18-,19-,20+;/m0./s1. The number of aldehydes is 1. The summed E-state index contributed by atoms with van der Waals surface area (Å²) in [7, 11) is -4.02. The first-order chi connectivity index (χ1) is 21.2. The number of rotatable bonds is 12. The van der Waals surface area contributed by atoms with E-state index in [-0.39, 0.29) is 41.2 Å². The summed E-state index contributed by atoms with van der Waals surface area (Å²) >= 11 is 0. The summed E-state index contributed by atoms with van der Waals surface area (Å²) in [6, 6.07) is 11.7. The van der Waals surface area contributed by atoms with Gasteiger partial charge < -0.3 is 26.9 Å². The molecule has 0 spiro atoms. The third-order valence-corrected chi connectivity index (χ3v) is 8.47. The molecular weight excluding hydrogens is 600 g/mol. The average Bonchev–Trinajstić information content (AvgIpc) is 3.51. The topological polar surface area (TPSA) is 220 Å². The Bertz CT molecular complexity index is 1430.